The molecule has 1 atom stereocenters. The van der Waals surface area contributed by atoms with Gasteiger partial charge in [0, 0.05) is 17.3 Å². The molecule has 6 heteroatoms. The lowest BCUT2D eigenvalue weighted by atomic mass is 10.1. The molecular formula is C15H20ClN3O2. The van der Waals surface area contributed by atoms with Crippen LogP contribution in [0.3, 0.4) is 0 Å². The van der Waals surface area contributed by atoms with Gasteiger partial charge in [0.2, 0.25) is 5.91 Å². The highest BCUT2D eigenvalue weighted by molar-refractivity contribution is 6.29. The van der Waals surface area contributed by atoms with E-state index in [2.05, 4.69) is 15.6 Å². The van der Waals surface area contributed by atoms with Crippen LogP contribution in [0.15, 0.2) is 12.1 Å². The number of rotatable bonds is 6. The third kappa shape index (κ3) is 4.70. The standard InChI is InChI=1S/C15H20ClN3O2/c1-3-4-12-7-10(8-13(16)18-12)15(21)17-9(2)14(20)19-11-5-6-11/h7-9,11H,3-6H2,1-2H3,(H,17,21)(H,19,20). The molecule has 2 rings (SSSR count). The van der Waals surface area contributed by atoms with E-state index in [9.17, 15) is 9.59 Å². The van der Waals surface area contributed by atoms with Gasteiger partial charge in [-0.2, -0.15) is 0 Å². The van der Waals surface area contributed by atoms with Crippen LogP contribution >= 0.6 is 11.6 Å². The smallest absolute Gasteiger partial charge is 0.252 e. The number of aryl methyl sites for hydroxylation is 1. The zero-order valence-corrected chi connectivity index (χ0v) is 13.0. The molecular weight excluding hydrogens is 290 g/mol. The Kier molecular flexibility index (Phi) is 5.17. The molecule has 1 unspecified atom stereocenters. The molecule has 0 aliphatic heterocycles. The summed E-state index contributed by atoms with van der Waals surface area (Å²) in [4.78, 5) is 28.2. The van der Waals surface area contributed by atoms with Crippen LogP contribution in [0.4, 0.5) is 0 Å². The van der Waals surface area contributed by atoms with Crippen molar-refractivity contribution in [3.05, 3.63) is 28.5 Å². The van der Waals surface area contributed by atoms with Crippen molar-refractivity contribution < 1.29 is 9.59 Å². The maximum absolute atomic E-state index is 12.2. The number of pyridine rings is 1. The predicted octanol–water partition coefficient (Wildman–Crippen LogP) is 2.08. The number of carbonyl (C=O) groups is 2. The van der Waals surface area contributed by atoms with Gasteiger partial charge >= 0.3 is 0 Å². The lowest BCUT2D eigenvalue weighted by Gasteiger charge is -2.14. The molecule has 0 spiro atoms. The SMILES string of the molecule is CCCc1cc(C(=O)NC(C)C(=O)NC2CC2)cc(Cl)n1. The number of hydrogen-bond acceptors (Lipinski definition) is 3. The van der Waals surface area contributed by atoms with Crippen LogP contribution in [0.25, 0.3) is 0 Å². The number of hydrogen-bond donors (Lipinski definition) is 2. The first-order valence-electron chi connectivity index (χ1n) is 7.27. The van der Waals surface area contributed by atoms with Crippen molar-refractivity contribution in [3.8, 4) is 0 Å². The number of nitrogens with zero attached hydrogens (tertiary/aromatic N) is 1. The highest BCUT2D eigenvalue weighted by atomic mass is 35.5. The van der Waals surface area contributed by atoms with E-state index in [1.165, 1.54) is 6.07 Å². The van der Waals surface area contributed by atoms with Crippen molar-refractivity contribution in [3.63, 3.8) is 0 Å². The van der Waals surface area contributed by atoms with Gasteiger partial charge in [0.05, 0.1) is 0 Å². The minimum atomic E-state index is -0.570. The quantitative estimate of drug-likeness (QED) is 0.790. The molecule has 0 radical (unpaired) electrons. The summed E-state index contributed by atoms with van der Waals surface area (Å²) in [5.74, 6) is -0.463. The summed E-state index contributed by atoms with van der Waals surface area (Å²) in [5.41, 5.74) is 1.22. The van der Waals surface area contributed by atoms with Crippen molar-refractivity contribution in [2.45, 2.75) is 51.6 Å². The van der Waals surface area contributed by atoms with Crippen molar-refractivity contribution in [2.75, 3.05) is 0 Å². The first kappa shape index (κ1) is 15.8. The van der Waals surface area contributed by atoms with Gasteiger partial charge in [0.25, 0.3) is 5.91 Å². The molecule has 1 aliphatic carbocycles. The fraction of sp³-hybridized carbons (Fsp3) is 0.533. The van der Waals surface area contributed by atoms with E-state index in [-0.39, 0.29) is 17.9 Å². The zero-order valence-electron chi connectivity index (χ0n) is 12.3. The Morgan fingerprint density at radius 3 is 2.76 bits per heavy atom. The van der Waals surface area contributed by atoms with E-state index in [1.807, 2.05) is 6.92 Å². The maximum Gasteiger partial charge on any atom is 0.252 e. The van der Waals surface area contributed by atoms with E-state index in [4.69, 9.17) is 11.6 Å². The van der Waals surface area contributed by atoms with E-state index in [0.29, 0.717) is 10.7 Å². The summed E-state index contributed by atoms with van der Waals surface area (Å²) in [7, 11) is 0. The first-order chi connectivity index (χ1) is 9.99. The Labute approximate surface area is 129 Å². The van der Waals surface area contributed by atoms with Crippen LogP contribution in [-0.2, 0) is 11.2 Å². The summed E-state index contributed by atoms with van der Waals surface area (Å²) in [6, 6.07) is 2.95. The third-order valence-electron chi connectivity index (χ3n) is 3.28. The Hall–Kier alpha value is -1.62. The van der Waals surface area contributed by atoms with E-state index >= 15 is 0 Å². The van der Waals surface area contributed by atoms with Crippen LogP contribution in [0.1, 0.15) is 49.2 Å². The average Bonchev–Trinajstić information content (AvgIpc) is 3.22. The zero-order chi connectivity index (χ0) is 15.4. The predicted molar refractivity (Wildman–Crippen MR) is 81.3 cm³/mol. The maximum atomic E-state index is 12.2. The Bertz CT molecular complexity index is 544. The molecule has 1 heterocycles. The van der Waals surface area contributed by atoms with Gasteiger partial charge in [0.1, 0.15) is 11.2 Å². The third-order valence-corrected chi connectivity index (χ3v) is 3.47. The Balaban J connectivity index is 1.99. The second kappa shape index (κ2) is 6.89. The molecule has 0 bridgehead atoms. The Morgan fingerprint density at radius 1 is 1.43 bits per heavy atom. The van der Waals surface area contributed by atoms with Gasteiger partial charge in [-0.25, -0.2) is 4.98 Å². The average molecular weight is 310 g/mol. The van der Waals surface area contributed by atoms with Gasteiger partial charge in [-0.05, 0) is 38.3 Å². The monoisotopic (exact) mass is 309 g/mol. The lowest BCUT2D eigenvalue weighted by molar-refractivity contribution is -0.122. The van der Waals surface area contributed by atoms with Gasteiger partial charge in [-0.1, -0.05) is 24.9 Å². The molecule has 1 aromatic heterocycles. The molecule has 0 aromatic carbocycles. The number of nitrogens with one attached hydrogen (secondary N) is 2. The topological polar surface area (TPSA) is 71.1 Å². The largest absolute Gasteiger partial charge is 0.352 e. The molecule has 1 aliphatic rings. The van der Waals surface area contributed by atoms with Crippen molar-refractivity contribution in [1.29, 1.82) is 0 Å². The van der Waals surface area contributed by atoms with Gasteiger partial charge in [-0.15, -0.1) is 0 Å². The second-order valence-corrected chi connectivity index (χ2v) is 5.79. The summed E-state index contributed by atoms with van der Waals surface area (Å²) >= 11 is 5.94. The molecule has 1 saturated carbocycles. The first-order valence-corrected chi connectivity index (χ1v) is 7.65. The van der Waals surface area contributed by atoms with Gasteiger partial charge in [-0.3, -0.25) is 9.59 Å². The van der Waals surface area contributed by atoms with Crippen LogP contribution in [0.5, 0.6) is 0 Å². The molecule has 5 nitrogen and oxygen atoms in total. The fourth-order valence-electron chi connectivity index (χ4n) is 1.97. The van der Waals surface area contributed by atoms with Crippen molar-refractivity contribution >= 4 is 23.4 Å². The second-order valence-electron chi connectivity index (χ2n) is 5.40. The number of amides is 2. The highest BCUT2D eigenvalue weighted by Gasteiger charge is 2.26. The minimum absolute atomic E-state index is 0.153. The molecule has 2 amide bonds. The Morgan fingerprint density at radius 2 is 2.14 bits per heavy atom. The molecule has 114 valence electrons. The lowest BCUT2D eigenvalue weighted by Crippen LogP contribution is -2.45. The van der Waals surface area contributed by atoms with Crippen LogP contribution in [0, 0.1) is 0 Å². The summed E-state index contributed by atoms with van der Waals surface area (Å²) < 4.78 is 0. The van der Waals surface area contributed by atoms with E-state index in [1.54, 1.807) is 13.0 Å². The number of carbonyl (C=O) groups excluding carboxylic acids is 2. The molecule has 1 aromatic rings. The van der Waals surface area contributed by atoms with Crippen molar-refractivity contribution in [1.82, 2.24) is 15.6 Å². The molecule has 1 fully saturated rings. The minimum Gasteiger partial charge on any atom is -0.352 e. The summed E-state index contributed by atoms with van der Waals surface area (Å²) in [6.07, 6.45) is 3.73. The fourth-order valence-corrected chi connectivity index (χ4v) is 2.19. The molecule has 21 heavy (non-hydrogen) atoms. The highest BCUT2D eigenvalue weighted by Crippen LogP contribution is 2.18. The molecule has 2 N–H and O–H groups in total. The summed E-state index contributed by atoms with van der Waals surface area (Å²) in [5, 5.41) is 5.84. The van der Waals surface area contributed by atoms with Crippen LogP contribution in [0.2, 0.25) is 5.15 Å². The van der Waals surface area contributed by atoms with Gasteiger partial charge < -0.3 is 10.6 Å². The number of halogens is 1. The van der Waals surface area contributed by atoms with Crippen LogP contribution < -0.4 is 10.6 Å². The van der Waals surface area contributed by atoms with E-state index in [0.717, 1.165) is 31.4 Å². The van der Waals surface area contributed by atoms with Gasteiger partial charge in [0.15, 0.2) is 0 Å². The normalized spacial score (nSPS) is 15.4. The number of aromatic nitrogens is 1. The van der Waals surface area contributed by atoms with E-state index < -0.39 is 6.04 Å². The van der Waals surface area contributed by atoms with Crippen LogP contribution in [-0.4, -0.2) is 28.9 Å². The summed E-state index contributed by atoms with van der Waals surface area (Å²) in [6.45, 7) is 3.71. The van der Waals surface area contributed by atoms with Crippen molar-refractivity contribution in [2.24, 2.45) is 0 Å². The molecule has 0 saturated heterocycles.